The predicted octanol–water partition coefficient (Wildman–Crippen LogP) is 2.99. The van der Waals surface area contributed by atoms with Crippen molar-refractivity contribution in [1.82, 2.24) is 14.7 Å². The molecule has 1 aromatic carbocycles. The van der Waals surface area contributed by atoms with Gasteiger partial charge < -0.3 is 9.80 Å². The number of piperidine rings is 1. The van der Waals surface area contributed by atoms with Crippen LogP contribution in [0.5, 0.6) is 0 Å². The minimum absolute atomic E-state index is 0.0980. The van der Waals surface area contributed by atoms with E-state index in [1.165, 1.54) is 12.0 Å². The van der Waals surface area contributed by atoms with Gasteiger partial charge in [0.1, 0.15) is 0 Å². The van der Waals surface area contributed by atoms with E-state index in [1.807, 2.05) is 28.0 Å². The minimum Gasteiger partial charge on any atom is -0.340 e. The summed E-state index contributed by atoms with van der Waals surface area (Å²) >= 11 is 6.08. The molecule has 0 aromatic heterocycles. The van der Waals surface area contributed by atoms with E-state index in [0.717, 1.165) is 57.0 Å². The van der Waals surface area contributed by atoms with Crippen LogP contribution in [0.25, 0.3) is 0 Å². The summed E-state index contributed by atoms with van der Waals surface area (Å²) in [7, 11) is 0. The molecule has 2 saturated heterocycles. The van der Waals surface area contributed by atoms with Gasteiger partial charge in [-0.3, -0.25) is 14.5 Å². The molecule has 3 atom stereocenters. The summed E-state index contributed by atoms with van der Waals surface area (Å²) in [6.45, 7) is 6.55. The molecular formula is C22H30ClN3O2. The molecule has 0 bridgehead atoms. The summed E-state index contributed by atoms with van der Waals surface area (Å²) in [5.41, 5.74) is 1.17. The number of halogens is 1. The quantitative estimate of drug-likeness (QED) is 0.776. The Morgan fingerprint density at radius 1 is 1.11 bits per heavy atom. The standard InChI is InChI=1S/C22H30ClN3O2/c1-16-5-2-3-8-26(16)21(27)15-24-9-11-25(12-10-24)22(28)20-14-19(20)17-6-4-7-18(23)13-17/h4,6-7,13,16,19-20H,2-3,5,8-12,14-15H2,1H3. The van der Waals surface area contributed by atoms with E-state index in [0.29, 0.717) is 18.5 Å². The molecule has 1 saturated carbocycles. The predicted molar refractivity (Wildman–Crippen MR) is 110 cm³/mol. The maximum absolute atomic E-state index is 12.8. The highest BCUT2D eigenvalue weighted by Gasteiger charge is 2.46. The van der Waals surface area contributed by atoms with E-state index in [1.54, 1.807) is 0 Å². The molecule has 3 unspecified atom stereocenters. The van der Waals surface area contributed by atoms with Crippen molar-refractivity contribution in [3.63, 3.8) is 0 Å². The van der Waals surface area contributed by atoms with Gasteiger partial charge >= 0.3 is 0 Å². The maximum atomic E-state index is 12.8. The second-order valence-electron chi connectivity index (χ2n) is 8.54. The molecule has 3 fully saturated rings. The highest BCUT2D eigenvalue weighted by Crippen LogP contribution is 2.48. The Morgan fingerprint density at radius 2 is 1.89 bits per heavy atom. The number of hydrogen-bond acceptors (Lipinski definition) is 3. The molecule has 1 aliphatic carbocycles. The molecule has 2 aliphatic heterocycles. The number of amides is 2. The van der Waals surface area contributed by atoms with E-state index in [9.17, 15) is 9.59 Å². The first-order chi connectivity index (χ1) is 13.5. The van der Waals surface area contributed by atoms with Gasteiger partial charge in [0.15, 0.2) is 0 Å². The molecule has 4 rings (SSSR count). The lowest BCUT2D eigenvalue weighted by Crippen LogP contribution is -2.53. The van der Waals surface area contributed by atoms with Crippen molar-refractivity contribution in [2.24, 2.45) is 5.92 Å². The lowest BCUT2D eigenvalue weighted by atomic mass is 10.0. The molecule has 5 nitrogen and oxygen atoms in total. The Balaban J connectivity index is 1.24. The monoisotopic (exact) mass is 403 g/mol. The Kier molecular flexibility index (Phi) is 5.93. The van der Waals surface area contributed by atoms with Gasteiger partial charge in [-0.2, -0.15) is 0 Å². The van der Waals surface area contributed by atoms with E-state index in [2.05, 4.69) is 17.9 Å². The van der Waals surface area contributed by atoms with Crippen LogP contribution in [0.4, 0.5) is 0 Å². The fourth-order valence-electron chi connectivity index (χ4n) is 4.69. The molecular weight excluding hydrogens is 374 g/mol. The second-order valence-corrected chi connectivity index (χ2v) is 8.97. The summed E-state index contributed by atoms with van der Waals surface area (Å²) in [5.74, 6) is 0.919. The van der Waals surface area contributed by atoms with Gasteiger partial charge in [0.25, 0.3) is 0 Å². The van der Waals surface area contributed by atoms with Crippen LogP contribution in [-0.2, 0) is 9.59 Å². The largest absolute Gasteiger partial charge is 0.340 e. The minimum atomic E-state index is 0.0980. The van der Waals surface area contributed by atoms with Crippen molar-refractivity contribution in [3.05, 3.63) is 34.9 Å². The van der Waals surface area contributed by atoms with Crippen LogP contribution < -0.4 is 0 Å². The van der Waals surface area contributed by atoms with Gasteiger partial charge in [-0.25, -0.2) is 0 Å². The van der Waals surface area contributed by atoms with Gasteiger partial charge in [0, 0.05) is 49.7 Å². The van der Waals surface area contributed by atoms with Crippen molar-refractivity contribution < 1.29 is 9.59 Å². The Bertz CT molecular complexity index is 732. The number of carbonyl (C=O) groups excluding carboxylic acids is 2. The third kappa shape index (κ3) is 4.36. The van der Waals surface area contributed by atoms with Gasteiger partial charge in [-0.1, -0.05) is 23.7 Å². The van der Waals surface area contributed by atoms with Crippen LogP contribution in [-0.4, -0.2) is 71.8 Å². The first-order valence-corrected chi connectivity index (χ1v) is 11.0. The van der Waals surface area contributed by atoms with Crippen LogP contribution in [0.3, 0.4) is 0 Å². The molecule has 2 amide bonds. The summed E-state index contributed by atoms with van der Waals surface area (Å²) in [6, 6.07) is 8.23. The van der Waals surface area contributed by atoms with Crippen molar-refractivity contribution >= 4 is 23.4 Å². The first kappa shape index (κ1) is 19.7. The van der Waals surface area contributed by atoms with Gasteiger partial charge in [-0.15, -0.1) is 0 Å². The second kappa shape index (κ2) is 8.42. The number of hydrogen-bond donors (Lipinski definition) is 0. The molecule has 1 aromatic rings. The molecule has 152 valence electrons. The summed E-state index contributed by atoms with van der Waals surface area (Å²) in [5, 5.41) is 0.733. The van der Waals surface area contributed by atoms with Crippen molar-refractivity contribution in [2.45, 2.75) is 44.6 Å². The molecule has 28 heavy (non-hydrogen) atoms. The molecule has 6 heteroatoms. The average molecular weight is 404 g/mol. The SMILES string of the molecule is CC1CCCCN1C(=O)CN1CCN(C(=O)C2CC2c2cccc(Cl)c2)CC1. The molecule has 0 radical (unpaired) electrons. The van der Waals surface area contributed by atoms with Crippen molar-refractivity contribution in [1.29, 1.82) is 0 Å². The highest BCUT2D eigenvalue weighted by molar-refractivity contribution is 6.30. The lowest BCUT2D eigenvalue weighted by Gasteiger charge is -2.38. The Morgan fingerprint density at radius 3 is 2.61 bits per heavy atom. The van der Waals surface area contributed by atoms with Gasteiger partial charge in [-0.05, 0) is 56.2 Å². The zero-order valence-corrected chi connectivity index (χ0v) is 17.4. The lowest BCUT2D eigenvalue weighted by molar-refractivity contribution is -0.137. The molecule has 0 N–H and O–H groups in total. The third-order valence-electron chi connectivity index (χ3n) is 6.55. The number of benzene rings is 1. The van der Waals surface area contributed by atoms with Crippen LogP contribution in [0.1, 0.15) is 44.1 Å². The fourth-order valence-corrected chi connectivity index (χ4v) is 4.88. The van der Waals surface area contributed by atoms with E-state index < -0.39 is 0 Å². The van der Waals surface area contributed by atoms with Crippen molar-refractivity contribution in [2.75, 3.05) is 39.3 Å². The van der Waals surface area contributed by atoms with Crippen LogP contribution in [0, 0.1) is 5.92 Å². The number of carbonyl (C=O) groups is 2. The number of nitrogens with zero attached hydrogens (tertiary/aromatic N) is 3. The Labute approximate surface area is 172 Å². The molecule has 2 heterocycles. The number of likely N-dealkylation sites (tertiary alicyclic amines) is 1. The average Bonchev–Trinajstić information content (AvgIpc) is 3.49. The zero-order valence-electron chi connectivity index (χ0n) is 16.6. The van der Waals surface area contributed by atoms with E-state index in [-0.39, 0.29) is 17.7 Å². The number of rotatable bonds is 4. The maximum Gasteiger partial charge on any atom is 0.236 e. The van der Waals surface area contributed by atoms with Crippen molar-refractivity contribution in [3.8, 4) is 0 Å². The topological polar surface area (TPSA) is 43.9 Å². The molecule has 0 spiro atoms. The number of piperazine rings is 1. The van der Waals surface area contributed by atoms with E-state index in [4.69, 9.17) is 11.6 Å². The zero-order chi connectivity index (χ0) is 19.7. The van der Waals surface area contributed by atoms with Crippen LogP contribution in [0.15, 0.2) is 24.3 Å². The summed E-state index contributed by atoms with van der Waals surface area (Å²) < 4.78 is 0. The van der Waals surface area contributed by atoms with E-state index >= 15 is 0 Å². The van der Waals surface area contributed by atoms with Crippen LogP contribution >= 0.6 is 11.6 Å². The Hall–Kier alpha value is -1.59. The smallest absolute Gasteiger partial charge is 0.236 e. The summed E-state index contributed by atoms with van der Waals surface area (Å²) in [4.78, 5) is 31.7. The first-order valence-electron chi connectivity index (χ1n) is 10.6. The highest BCUT2D eigenvalue weighted by atomic mass is 35.5. The van der Waals surface area contributed by atoms with Gasteiger partial charge in [0.05, 0.1) is 6.54 Å². The fraction of sp³-hybridized carbons (Fsp3) is 0.636. The van der Waals surface area contributed by atoms with Crippen LogP contribution in [0.2, 0.25) is 5.02 Å². The normalized spacial score (nSPS) is 28.3. The molecule has 3 aliphatic rings. The third-order valence-corrected chi connectivity index (χ3v) is 6.79. The van der Waals surface area contributed by atoms with Gasteiger partial charge in [0.2, 0.25) is 11.8 Å². The summed E-state index contributed by atoms with van der Waals surface area (Å²) in [6.07, 6.45) is 4.38.